The number of hydrogen-bond donors (Lipinski definition) is 2. The van der Waals surface area contributed by atoms with Crippen LogP contribution in [0.5, 0.6) is 0 Å². The summed E-state index contributed by atoms with van der Waals surface area (Å²) in [6.07, 6.45) is 3.39. The van der Waals surface area contributed by atoms with Gasteiger partial charge in [0.1, 0.15) is 0 Å². The molecule has 122 valence electrons. The largest absolute Gasteiger partial charge is 0.328 e. The Balaban J connectivity index is 1.65. The van der Waals surface area contributed by atoms with Crippen LogP contribution in [0.2, 0.25) is 0 Å². The third-order valence-corrected chi connectivity index (χ3v) is 4.63. The van der Waals surface area contributed by atoms with Crippen molar-refractivity contribution in [2.24, 2.45) is 11.7 Å². The molecule has 1 aliphatic carbocycles. The third-order valence-electron chi connectivity index (χ3n) is 4.63. The van der Waals surface area contributed by atoms with E-state index in [1.165, 1.54) is 5.56 Å². The molecule has 3 aromatic rings. The number of nitrogens with two attached hydrogens (primary N) is 1. The summed E-state index contributed by atoms with van der Waals surface area (Å²) in [5.41, 5.74) is 9.73. The van der Waals surface area contributed by atoms with Crippen LogP contribution in [0, 0.1) is 12.8 Å². The van der Waals surface area contributed by atoms with E-state index in [0.29, 0.717) is 0 Å². The second-order valence-corrected chi connectivity index (χ2v) is 6.59. The average Bonchev–Trinajstić information content (AvgIpc) is 2.95. The first-order valence-electron chi connectivity index (χ1n) is 8.21. The zero-order chi connectivity index (χ0) is 16.7. The third kappa shape index (κ3) is 2.67. The van der Waals surface area contributed by atoms with Gasteiger partial charge in [0.2, 0.25) is 5.91 Å². The highest BCUT2D eigenvalue weighted by atomic mass is 16.1. The minimum Gasteiger partial charge on any atom is -0.328 e. The van der Waals surface area contributed by atoms with Crippen molar-refractivity contribution in [2.75, 3.05) is 5.32 Å². The van der Waals surface area contributed by atoms with Crippen molar-refractivity contribution >= 4 is 22.5 Å². The van der Waals surface area contributed by atoms with Crippen molar-refractivity contribution in [2.45, 2.75) is 25.8 Å². The van der Waals surface area contributed by atoms with Crippen LogP contribution >= 0.6 is 0 Å². The van der Waals surface area contributed by atoms with Gasteiger partial charge >= 0.3 is 0 Å². The summed E-state index contributed by atoms with van der Waals surface area (Å²) < 4.78 is 1.90. The van der Waals surface area contributed by atoms with Gasteiger partial charge in [0.15, 0.2) is 0 Å². The number of aryl methyl sites for hydroxylation is 1. The molecule has 0 unspecified atom stereocenters. The van der Waals surface area contributed by atoms with E-state index in [9.17, 15) is 4.79 Å². The van der Waals surface area contributed by atoms with Gasteiger partial charge in [0.05, 0.1) is 17.4 Å². The number of rotatable bonds is 3. The van der Waals surface area contributed by atoms with E-state index < -0.39 is 0 Å². The van der Waals surface area contributed by atoms with Crippen LogP contribution in [-0.4, -0.2) is 21.7 Å². The first kappa shape index (κ1) is 14.9. The fraction of sp³-hybridized carbons (Fsp3) is 0.263. The number of carbonyl (C=O) groups is 1. The summed E-state index contributed by atoms with van der Waals surface area (Å²) in [5.74, 6) is 0.0926. The SMILES string of the molecule is Cc1cccc(-n2ncc3ccc(NC(=O)C4CC(N)C4)cc32)c1. The highest BCUT2D eigenvalue weighted by molar-refractivity contribution is 5.95. The summed E-state index contributed by atoms with van der Waals surface area (Å²) in [6, 6.07) is 14.2. The lowest BCUT2D eigenvalue weighted by molar-refractivity contribution is -0.122. The van der Waals surface area contributed by atoms with E-state index in [4.69, 9.17) is 5.73 Å². The van der Waals surface area contributed by atoms with Gasteiger partial charge in [-0.2, -0.15) is 5.10 Å². The Morgan fingerprint density at radius 3 is 2.83 bits per heavy atom. The number of hydrogen-bond acceptors (Lipinski definition) is 3. The van der Waals surface area contributed by atoms with Crippen LogP contribution in [0.25, 0.3) is 16.6 Å². The monoisotopic (exact) mass is 320 g/mol. The number of aromatic nitrogens is 2. The Bertz CT molecular complexity index is 909. The lowest BCUT2D eigenvalue weighted by atomic mass is 9.80. The van der Waals surface area contributed by atoms with E-state index in [1.54, 1.807) is 0 Å². The molecule has 0 atom stereocenters. The van der Waals surface area contributed by atoms with Gasteiger partial charge < -0.3 is 11.1 Å². The Hall–Kier alpha value is -2.66. The Labute approximate surface area is 140 Å². The maximum absolute atomic E-state index is 12.2. The van der Waals surface area contributed by atoms with Gasteiger partial charge in [-0.3, -0.25) is 4.79 Å². The minimum absolute atomic E-state index is 0.0392. The van der Waals surface area contributed by atoms with Crippen LogP contribution in [0.4, 0.5) is 5.69 Å². The quantitative estimate of drug-likeness (QED) is 0.779. The second kappa shape index (κ2) is 5.76. The van der Waals surface area contributed by atoms with E-state index in [0.717, 1.165) is 35.1 Å². The van der Waals surface area contributed by atoms with Crippen LogP contribution < -0.4 is 11.1 Å². The maximum atomic E-state index is 12.2. The lowest BCUT2D eigenvalue weighted by Gasteiger charge is -2.31. The molecule has 5 nitrogen and oxygen atoms in total. The molecule has 1 saturated carbocycles. The van der Waals surface area contributed by atoms with E-state index in [2.05, 4.69) is 29.5 Å². The topological polar surface area (TPSA) is 72.9 Å². The van der Waals surface area contributed by atoms with Gasteiger partial charge in [0, 0.05) is 23.0 Å². The number of benzene rings is 2. The Kier molecular flexibility index (Phi) is 3.58. The van der Waals surface area contributed by atoms with Crippen LogP contribution in [0.1, 0.15) is 18.4 Å². The fourth-order valence-electron chi connectivity index (χ4n) is 3.18. The molecule has 1 heterocycles. The molecular formula is C19H20N4O. The van der Waals surface area contributed by atoms with E-state index in [1.807, 2.05) is 41.2 Å². The zero-order valence-corrected chi connectivity index (χ0v) is 13.6. The second-order valence-electron chi connectivity index (χ2n) is 6.59. The summed E-state index contributed by atoms with van der Waals surface area (Å²) in [6.45, 7) is 2.06. The first-order chi connectivity index (χ1) is 11.6. The molecule has 0 saturated heterocycles. The molecule has 0 bridgehead atoms. The molecule has 4 rings (SSSR count). The number of amides is 1. The van der Waals surface area contributed by atoms with Crippen molar-refractivity contribution < 1.29 is 4.79 Å². The van der Waals surface area contributed by atoms with Crippen molar-refractivity contribution in [1.82, 2.24) is 9.78 Å². The summed E-state index contributed by atoms with van der Waals surface area (Å²) in [7, 11) is 0. The number of anilines is 1. The predicted molar refractivity (Wildman–Crippen MR) is 95.1 cm³/mol. The summed E-state index contributed by atoms with van der Waals surface area (Å²) in [4.78, 5) is 12.2. The standard InChI is InChI=1S/C19H20N4O/c1-12-3-2-4-17(7-12)23-18-10-16(6-5-13(18)11-21-23)22-19(24)14-8-15(20)9-14/h2-7,10-11,14-15H,8-9,20H2,1H3,(H,22,24). The van der Waals surface area contributed by atoms with Crippen LogP contribution in [0.3, 0.4) is 0 Å². The van der Waals surface area contributed by atoms with Gasteiger partial charge in [-0.05, 0) is 55.7 Å². The molecule has 1 fully saturated rings. The van der Waals surface area contributed by atoms with Gasteiger partial charge in [-0.25, -0.2) is 4.68 Å². The van der Waals surface area contributed by atoms with Crippen LogP contribution in [-0.2, 0) is 4.79 Å². The molecule has 1 aliphatic rings. The molecule has 2 aromatic carbocycles. The number of nitrogens with one attached hydrogen (secondary N) is 1. The highest BCUT2D eigenvalue weighted by Crippen LogP contribution is 2.28. The van der Waals surface area contributed by atoms with Gasteiger partial charge in [-0.1, -0.05) is 12.1 Å². The molecule has 24 heavy (non-hydrogen) atoms. The number of carbonyl (C=O) groups excluding carboxylic acids is 1. The molecule has 3 N–H and O–H groups in total. The normalized spacial score (nSPS) is 19.9. The van der Waals surface area contributed by atoms with Crippen molar-refractivity contribution in [3.8, 4) is 5.69 Å². The Morgan fingerprint density at radius 1 is 1.25 bits per heavy atom. The van der Waals surface area contributed by atoms with Crippen molar-refractivity contribution in [1.29, 1.82) is 0 Å². The maximum Gasteiger partial charge on any atom is 0.227 e. The van der Waals surface area contributed by atoms with E-state index in [-0.39, 0.29) is 17.9 Å². The molecule has 5 heteroatoms. The smallest absolute Gasteiger partial charge is 0.227 e. The summed E-state index contributed by atoms with van der Waals surface area (Å²) >= 11 is 0. The van der Waals surface area contributed by atoms with Crippen LogP contribution in [0.15, 0.2) is 48.7 Å². The first-order valence-corrected chi connectivity index (χ1v) is 8.21. The average molecular weight is 320 g/mol. The van der Waals surface area contributed by atoms with E-state index >= 15 is 0 Å². The molecule has 0 radical (unpaired) electrons. The minimum atomic E-state index is 0.0392. The lowest BCUT2D eigenvalue weighted by Crippen LogP contribution is -2.42. The highest BCUT2D eigenvalue weighted by Gasteiger charge is 2.31. The van der Waals surface area contributed by atoms with Gasteiger partial charge in [0.25, 0.3) is 0 Å². The van der Waals surface area contributed by atoms with Crippen molar-refractivity contribution in [3.63, 3.8) is 0 Å². The molecule has 0 aliphatic heterocycles. The van der Waals surface area contributed by atoms with Gasteiger partial charge in [-0.15, -0.1) is 0 Å². The molecular weight excluding hydrogens is 300 g/mol. The Morgan fingerprint density at radius 2 is 2.08 bits per heavy atom. The predicted octanol–water partition coefficient (Wildman–Crippen LogP) is 3.01. The molecule has 1 amide bonds. The summed E-state index contributed by atoms with van der Waals surface area (Å²) in [5, 5.41) is 8.53. The number of nitrogens with zero attached hydrogens (tertiary/aromatic N) is 2. The molecule has 1 aromatic heterocycles. The fourth-order valence-corrected chi connectivity index (χ4v) is 3.18. The number of fused-ring (bicyclic) bond motifs is 1. The molecule has 0 spiro atoms. The van der Waals surface area contributed by atoms with Crippen molar-refractivity contribution in [3.05, 3.63) is 54.2 Å². The zero-order valence-electron chi connectivity index (χ0n) is 13.6.